The first-order valence-electron chi connectivity index (χ1n) is 10.6. The molecule has 2 aromatic heterocycles. The van der Waals surface area contributed by atoms with E-state index in [0.717, 1.165) is 27.6 Å². The number of hydrogen-bond donors (Lipinski definition) is 1. The molecule has 2 heterocycles. The lowest BCUT2D eigenvalue weighted by Crippen LogP contribution is -2.16. The van der Waals surface area contributed by atoms with E-state index in [0.29, 0.717) is 22.7 Å². The minimum atomic E-state index is -0.251. The second kappa shape index (κ2) is 10.1. The molecule has 34 heavy (non-hydrogen) atoms. The number of nitrogens with one attached hydrogen (secondary N) is 1. The van der Waals surface area contributed by atoms with E-state index in [4.69, 9.17) is 9.72 Å². The molecule has 0 saturated heterocycles. The highest BCUT2D eigenvalue weighted by atomic mass is 35.5. The Kier molecular flexibility index (Phi) is 6.85. The van der Waals surface area contributed by atoms with Crippen LogP contribution in [0.15, 0.2) is 103 Å². The number of ether oxygens (including phenoxy) is 1. The Morgan fingerprint density at radius 3 is 2.38 bits per heavy atom. The zero-order valence-electron chi connectivity index (χ0n) is 18.4. The highest BCUT2D eigenvalue weighted by Gasteiger charge is 2.23. The number of nitrogens with zero attached hydrogens (tertiary/aromatic N) is 2. The number of amides is 1. The van der Waals surface area contributed by atoms with Crippen LogP contribution in [0.4, 0.5) is 5.69 Å². The summed E-state index contributed by atoms with van der Waals surface area (Å²) in [5, 5.41) is 3.95. The van der Waals surface area contributed by atoms with Crippen LogP contribution in [0.2, 0.25) is 0 Å². The number of methoxy groups -OCH3 is 1. The van der Waals surface area contributed by atoms with Crippen molar-refractivity contribution in [1.29, 1.82) is 0 Å². The van der Waals surface area contributed by atoms with Crippen molar-refractivity contribution < 1.29 is 9.53 Å². The maximum atomic E-state index is 13.8. The molecule has 3 aromatic carbocycles. The summed E-state index contributed by atoms with van der Waals surface area (Å²) in [6.45, 7) is 0. The van der Waals surface area contributed by atoms with Crippen molar-refractivity contribution >= 4 is 34.9 Å². The summed E-state index contributed by atoms with van der Waals surface area (Å²) in [7, 11) is 1.60. The molecule has 0 atom stereocenters. The van der Waals surface area contributed by atoms with Crippen molar-refractivity contribution in [3.05, 3.63) is 109 Å². The van der Waals surface area contributed by atoms with Gasteiger partial charge >= 0.3 is 0 Å². The third kappa shape index (κ3) is 4.47. The van der Waals surface area contributed by atoms with Gasteiger partial charge in [0.2, 0.25) is 0 Å². The van der Waals surface area contributed by atoms with Crippen molar-refractivity contribution in [2.24, 2.45) is 0 Å². The summed E-state index contributed by atoms with van der Waals surface area (Å²) in [6, 6.07) is 28.9. The van der Waals surface area contributed by atoms with Gasteiger partial charge in [-0.2, -0.15) is 0 Å². The van der Waals surface area contributed by atoms with Gasteiger partial charge in [0.1, 0.15) is 5.75 Å². The van der Waals surface area contributed by atoms with E-state index in [1.807, 2.05) is 84.9 Å². The van der Waals surface area contributed by atoms with Crippen LogP contribution in [0.3, 0.4) is 0 Å². The average Bonchev–Trinajstić information content (AvgIpc) is 2.88. The van der Waals surface area contributed by atoms with Crippen LogP contribution in [0.5, 0.6) is 5.75 Å². The molecule has 0 spiro atoms. The summed E-state index contributed by atoms with van der Waals surface area (Å²) < 4.78 is 5.31. The van der Waals surface area contributed by atoms with Gasteiger partial charge < -0.3 is 10.1 Å². The van der Waals surface area contributed by atoms with Gasteiger partial charge in [0.25, 0.3) is 5.91 Å². The number of hydrogen-bond acceptors (Lipinski definition) is 4. The summed E-state index contributed by atoms with van der Waals surface area (Å²) >= 11 is 0. The van der Waals surface area contributed by atoms with E-state index in [1.54, 1.807) is 25.6 Å². The molecule has 0 unspecified atom stereocenters. The molecule has 0 aliphatic rings. The molecule has 5 aromatic rings. The van der Waals surface area contributed by atoms with Gasteiger partial charge in [0.15, 0.2) is 0 Å². The molecule has 5 rings (SSSR count). The highest BCUT2D eigenvalue weighted by Crippen LogP contribution is 2.37. The Labute approximate surface area is 203 Å². The van der Waals surface area contributed by atoms with Crippen molar-refractivity contribution in [1.82, 2.24) is 9.97 Å². The fourth-order valence-electron chi connectivity index (χ4n) is 3.94. The Balaban J connectivity index is 0.00000274. The Morgan fingerprint density at radius 1 is 0.853 bits per heavy atom. The van der Waals surface area contributed by atoms with Crippen molar-refractivity contribution in [2.75, 3.05) is 12.4 Å². The first kappa shape index (κ1) is 23.0. The number of aromatic nitrogens is 2. The smallest absolute Gasteiger partial charge is 0.258 e. The van der Waals surface area contributed by atoms with E-state index in [2.05, 4.69) is 10.3 Å². The second-order valence-electron chi connectivity index (χ2n) is 7.52. The van der Waals surface area contributed by atoms with Gasteiger partial charge in [0.05, 0.1) is 23.9 Å². The molecule has 0 aliphatic carbocycles. The third-order valence-corrected chi connectivity index (χ3v) is 5.44. The number of para-hydroxylation sites is 1. The summed E-state index contributed by atoms with van der Waals surface area (Å²) in [4.78, 5) is 23.0. The molecule has 0 aliphatic heterocycles. The molecule has 168 valence electrons. The quantitative estimate of drug-likeness (QED) is 0.314. The molecular weight excluding hydrogens is 446 g/mol. The van der Waals surface area contributed by atoms with Gasteiger partial charge in [-0.1, -0.05) is 54.6 Å². The Hall–Kier alpha value is -4.22. The van der Waals surface area contributed by atoms with Crippen LogP contribution in [0.25, 0.3) is 33.3 Å². The summed E-state index contributed by atoms with van der Waals surface area (Å²) in [5.41, 5.74) is 5.09. The number of anilines is 1. The van der Waals surface area contributed by atoms with Crippen LogP contribution in [0, 0.1) is 0 Å². The van der Waals surface area contributed by atoms with E-state index in [9.17, 15) is 4.79 Å². The number of carbonyl (C=O) groups is 1. The SMILES string of the molecule is COc1cccc(NC(=O)c2c(-c3cccnc3)nc3ccccc3c2-c2ccccc2)c1.Cl. The van der Waals surface area contributed by atoms with Gasteiger partial charge in [-0.05, 0) is 35.9 Å². The number of carbonyl (C=O) groups excluding carboxylic acids is 1. The minimum absolute atomic E-state index is 0. The van der Waals surface area contributed by atoms with E-state index in [-0.39, 0.29) is 18.3 Å². The standard InChI is InChI=1S/C28H21N3O2.ClH/c1-33-22-13-7-12-21(17-22)30-28(32)26-25(19-9-3-2-4-10-19)23-14-5-6-15-24(23)31-27(26)20-11-8-16-29-18-20;/h2-18H,1H3,(H,30,32);1H. The van der Waals surface area contributed by atoms with Crippen LogP contribution in [0.1, 0.15) is 10.4 Å². The monoisotopic (exact) mass is 467 g/mol. The fraction of sp³-hybridized carbons (Fsp3) is 0.0357. The molecule has 0 bridgehead atoms. The average molecular weight is 468 g/mol. The molecule has 5 nitrogen and oxygen atoms in total. The Bertz CT molecular complexity index is 1440. The number of pyridine rings is 2. The zero-order chi connectivity index (χ0) is 22.6. The molecule has 0 radical (unpaired) electrons. The largest absolute Gasteiger partial charge is 0.497 e. The van der Waals surface area contributed by atoms with Gasteiger partial charge in [-0.15, -0.1) is 12.4 Å². The van der Waals surface area contributed by atoms with Crippen LogP contribution in [-0.4, -0.2) is 23.0 Å². The molecule has 6 heteroatoms. The predicted molar refractivity (Wildman–Crippen MR) is 139 cm³/mol. The molecule has 1 amide bonds. The van der Waals surface area contributed by atoms with Gasteiger partial charge in [-0.3, -0.25) is 9.78 Å². The first-order valence-corrected chi connectivity index (χ1v) is 10.6. The van der Waals surface area contributed by atoms with Crippen LogP contribution >= 0.6 is 12.4 Å². The summed E-state index contributed by atoms with van der Waals surface area (Å²) in [5.74, 6) is 0.416. The lowest BCUT2D eigenvalue weighted by molar-refractivity contribution is 0.102. The van der Waals surface area contributed by atoms with E-state index < -0.39 is 0 Å². The first-order chi connectivity index (χ1) is 16.2. The van der Waals surface area contributed by atoms with Crippen LogP contribution < -0.4 is 10.1 Å². The third-order valence-electron chi connectivity index (χ3n) is 5.44. The fourth-order valence-corrected chi connectivity index (χ4v) is 3.94. The van der Waals surface area contributed by atoms with Crippen molar-refractivity contribution in [3.8, 4) is 28.1 Å². The zero-order valence-corrected chi connectivity index (χ0v) is 19.3. The molecular formula is C28H22ClN3O2. The maximum Gasteiger partial charge on any atom is 0.258 e. The lowest BCUT2D eigenvalue weighted by atomic mass is 9.91. The molecule has 0 fully saturated rings. The molecule has 1 N–H and O–H groups in total. The second-order valence-corrected chi connectivity index (χ2v) is 7.52. The maximum absolute atomic E-state index is 13.8. The number of benzene rings is 3. The summed E-state index contributed by atoms with van der Waals surface area (Å²) in [6.07, 6.45) is 3.44. The van der Waals surface area contributed by atoms with Gasteiger partial charge in [0, 0.05) is 40.7 Å². The van der Waals surface area contributed by atoms with E-state index in [1.165, 1.54) is 0 Å². The minimum Gasteiger partial charge on any atom is -0.497 e. The van der Waals surface area contributed by atoms with Crippen molar-refractivity contribution in [2.45, 2.75) is 0 Å². The van der Waals surface area contributed by atoms with E-state index >= 15 is 0 Å². The topological polar surface area (TPSA) is 64.1 Å². The van der Waals surface area contributed by atoms with Crippen LogP contribution in [-0.2, 0) is 0 Å². The van der Waals surface area contributed by atoms with Crippen molar-refractivity contribution in [3.63, 3.8) is 0 Å². The number of fused-ring (bicyclic) bond motifs is 1. The predicted octanol–water partition coefficient (Wildman–Crippen LogP) is 6.65. The number of halogens is 1. The Morgan fingerprint density at radius 2 is 1.62 bits per heavy atom. The number of rotatable bonds is 5. The normalized spacial score (nSPS) is 10.4. The van der Waals surface area contributed by atoms with Gasteiger partial charge in [-0.25, -0.2) is 4.98 Å². The lowest BCUT2D eigenvalue weighted by Gasteiger charge is -2.18. The highest BCUT2D eigenvalue weighted by molar-refractivity contribution is 6.17. The molecule has 0 saturated carbocycles.